The smallest absolute Gasteiger partial charge is 0.374 e. The maximum atomic E-state index is 12.7. The fourth-order valence-corrected chi connectivity index (χ4v) is 4.28. The second-order valence-electron chi connectivity index (χ2n) is 6.96. The zero-order valence-electron chi connectivity index (χ0n) is 11.9. The second-order valence-corrected chi connectivity index (χ2v) is 6.96. The van der Waals surface area contributed by atoms with Gasteiger partial charge in [0.1, 0.15) is 0 Å². The lowest BCUT2D eigenvalue weighted by Crippen LogP contribution is -2.58. The van der Waals surface area contributed by atoms with E-state index in [4.69, 9.17) is 0 Å². The maximum absolute atomic E-state index is 12.7. The van der Waals surface area contributed by atoms with Crippen molar-refractivity contribution < 1.29 is 31.4 Å². The Kier molecular flexibility index (Phi) is 4.05. The third-order valence-electron chi connectivity index (χ3n) is 5.41. The molecule has 1 nitrogen and oxygen atoms in total. The molecule has 2 aliphatic carbocycles. The van der Waals surface area contributed by atoms with Crippen LogP contribution in [0.2, 0.25) is 0 Å². The van der Waals surface area contributed by atoms with E-state index in [1.54, 1.807) is 0 Å². The van der Waals surface area contributed by atoms with Gasteiger partial charge in [-0.15, -0.1) is 0 Å². The molecule has 0 aliphatic heterocycles. The summed E-state index contributed by atoms with van der Waals surface area (Å²) >= 11 is 0. The summed E-state index contributed by atoms with van der Waals surface area (Å²) in [6, 6.07) is 0. The van der Waals surface area contributed by atoms with Crippen molar-refractivity contribution in [2.75, 3.05) is 0 Å². The molecular weight excluding hydrogens is 298 g/mol. The summed E-state index contributed by atoms with van der Waals surface area (Å²) in [5.74, 6) is 0.156. The van der Waals surface area contributed by atoms with Crippen molar-refractivity contribution in [1.29, 1.82) is 0 Å². The van der Waals surface area contributed by atoms with E-state index in [9.17, 15) is 31.4 Å². The minimum absolute atomic E-state index is 0.126. The molecule has 1 N–H and O–H groups in total. The third kappa shape index (κ3) is 2.78. The first-order valence-corrected chi connectivity index (χ1v) is 7.22. The van der Waals surface area contributed by atoms with E-state index in [1.165, 1.54) is 0 Å². The number of aliphatic hydroxyl groups is 1. The van der Waals surface area contributed by atoms with Crippen LogP contribution in [-0.4, -0.2) is 23.1 Å². The highest BCUT2D eigenvalue weighted by atomic mass is 19.4. The SMILES string of the molecule is CC(C)C1CC2CC1CC2CC(O)(C(F)(F)F)C(F)(F)F. The van der Waals surface area contributed by atoms with Gasteiger partial charge in [0.2, 0.25) is 0 Å². The van der Waals surface area contributed by atoms with E-state index in [0.717, 1.165) is 0 Å². The van der Waals surface area contributed by atoms with Crippen molar-refractivity contribution in [3.05, 3.63) is 0 Å². The Hall–Kier alpha value is -0.460. The number of alkyl halides is 6. The van der Waals surface area contributed by atoms with Crippen molar-refractivity contribution in [3.8, 4) is 0 Å². The lowest BCUT2D eigenvalue weighted by Gasteiger charge is -2.38. The Balaban J connectivity index is 2.12. The molecule has 0 amide bonds. The minimum atomic E-state index is -5.69. The van der Waals surface area contributed by atoms with Crippen molar-refractivity contribution in [1.82, 2.24) is 0 Å². The molecule has 0 aromatic heterocycles. The first kappa shape index (κ1) is 16.9. The van der Waals surface area contributed by atoms with Gasteiger partial charge in [0.15, 0.2) is 0 Å². The lowest BCUT2D eigenvalue weighted by atomic mass is 9.73. The standard InChI is InChI=1S/C14H20F6O/c1-7(2)11-5-8-3-9(11)4-10(8)6-12(21,13(15,16)17)14(18,19)20/h7-11,21H,3-6H2,1-2H3. The summed E-state index contributed by atoms with van der Waals surface area (Å²) < 4.78 is 76.4. The highest BCUT2D eigenvalue weighted by Gasteiger charge is 2.71. The molecule has 0 heterocycles. The molecule has 21 heavy (non-hydrogen) atoms. The van der Waals surface area contributed by atoms with Gasteiger partial charge in [0.25, 0.3) is 5.60 Å². The molecule has 0 aromatic carbocycles. The number of rotatable bonds is 3. The lowest BCUT2D eigenvalue weighted by molar-refractivity contribution is -0.373. The fraction of sp³-hybridized carbons (Fsp3) is 1.00. The predicted molar refractivity (Wildman–Crippen MR) is 64.3 cm³/mol. The van der Waals surface area contributed by atoms with Crippen molar-refractivity contribution in [2.45, 2.75) is 57.5 Å². The third-order valence-corrected chi connectivity index (χ3v) is 5.41. The van der Waals surface area contributed by atoms with Crippen LogP contribution in [0.25, 0.3) is 0 Å². The zero-order valence-corrected chi connectivity index (χ0v) is 11.9. The summed E-state index contributed by atoms with van der Waals surface area (Å²) in [4.78, 5) is 0. The van der Waals surface area contributed by atoms with Crippen LogP contribution in [0.15, 0.2) is 0 Å². The van der Waals surface area contributed by atoms with Crippen LogP contribution >= 0.6 is 0 Å². The topological polar surface area (TPSA) is 20.2 Å². The molecule has 0 saturated heterocycles. The molecule has 2 bridgehead atoms. The van der Waals surface area contributed by atoms with Crippen LogP contribution in [0.1, 0.15) is 39.5 Å². The molecule has 0 radical (unpaired) electrons. The van der Waals surface area contributed by atoms with Gasteiger partial charge in [-0.2, -0.15) is 26.3 Å². The molecule has 2 aliphatic rings. The quantitative estimate of drug-likeness (QED) is 0.757. The van der Waals surface area contributed by atoms with Crippen molar-refractivity contribution >= 4 is 0 Å². The van der Waals surface area contributed by atoms with Gasteiger partial charge in [-0.1, -0.05) is 13.8 Å². The highest BCUT2D eigenvalue weighted by Crippen LogP contribution is 2.58. The summed E-state index contributed by atoms with van der Waals surface area (Å²) in [5.41, 5.74) is -4.58. The zero-order chi connectivity index (χ0) is 16.2. The number of hydrogen-bond acceptors (Lipinski definition) is 1. The normalized spacial score (nSPS) is 34.0. The maximum Gasteiger partial charge on any atom is 0.426 e. The van der Waals surface area contributed by atoms with Crippen LogP contribution in [-0.2, 0) is 0 Å². The predicted octanol–water partition coefficient (Wildman–Crippen LogP) is 4.55. The largest absolute Gasteiger partial charge is 0.426 e. The van der Waals surface area contributed by atoms with E-state index >= 15 is 0 Å². The fourth-order valence-electron chi connectivity index (χ4n) is 4.28. The van der Waals surface area contributed by atoms with E-state index in [0.29, 0.717) is 31.1 Å². The van der Waals surface area contributed by atoms with Gasteiger partial charge in [-0.3, -0.25) is 0 Å². The Labute approximate surface area is 119 Å². The van der Waals surface area contributed by atoms with Gasteiger partial charge in [0, 0.05) is 0 Å². The Morgan fingerprint density at radius 3 is 1.76 bits per heavy atom. The van der Waals surface area contributed by atoms with E-state index in [1.807, 2.05) is 13.8 Å². The van der Waals surface area contributed by atoms with Crippen LogP contribution in [0.5, 0.6) is 0 Å². The number of halogens is 6. The van der Waals surface area contributed by atoms with Crippen LogP contribution < -0.4 is 0 Å². The molecule has 7 heteroatoms. The average molecular weight is 318 g/mol. The van der Waals surface area contributed by atoms with E-state index < -0.39 is 30.3 Å². The molecule has 4 unspecified atom stereocenters. The molecule has 0 aromatic rings. The van der Waals surface area contributed by atoms with Gasteiger partial charge in [-0.05, 0) is 55.3 Å². The Morgan fingerprint density at radius 2 is 1.43 bits per heavy atom. The summed E-state index contributed by atoms with van der Waals surface area (Å²) in [6.45, 7) is 4.06. The van der Waals surface area contributed by atoms with Gasteiger partial charge in [-0.25, -0.2) is 0 Å². The Morgan fingerprint density at radius 1 is 0.905 bits per heavy atom. The van der Waals surface area contributed by atoms with Crippen LogP contribution in [0, 0.1) is 29.6 Å². The monoisotopic (exact) mass is 318 g/mol. The molecule has 2 rings (SSSR count). The minimum Gasteiger partial charge on any atom is -0.374 e. The number of fused-ring (bicyclic) bond motifs is 2. The molecule has 0 spiro atoms. The van der Waals surface area contributed by atoms with E-state index in [2.05, 4.69) is 0 Å². The van der Waals surface area contributed by atoms with Gasteiger partial charge >= 0.3 is 12.4 Å². The number of hydrogen-bond donors (Lipinski definition) is 1. The Bertz CT molecular complexity index is 372. The summed E-state index contributed by atoms with van der Waals surface area (Å²) in [5, 5.41) is 9.30. The first-order chi connectivity index (χ1) is 9.37. The van der Waals surface area contributed by atoms with Crippen LogP contribution in [0.3, 0.4) is 0 Å². The van der Waals surface area contributed by atoms with Crippen LogP contribution in [0.4, 0.5) is 26.3 Å². The summed E-state index contributed by atoms with van der Waals surface area (Å²) in [7, 11) is 0. The highest BCUT2D eigenvalue weighted by molar-refractivity contribution is 5.02. The van der Waals surface area contributed by atoms with Crippen molar-refractivity contribution in [3.63, 3.8) is 0 Å². The van der Waals surface area contributed by atoms with Crippen molar-refractivity contribution in [2.24, 2.45) is 29.6 Å². The van der Waals surface area contributed by atoms with Gasteiger partial charge < -0.3 is 5.11 Å². The molecule has 2 saturated carbocycles. The molecule has 124 valence electrons. The average Bonchev–Trinajstić information content (AvgIpc) is 2.84. The second kappa shape index (κ2) is 5.03. The molecule has 2 fully saturated rings. The summed E-state index contributed by atoms with van der Waals surface area (Å²) in [6.07, 6.45) is -10.9. The molecule has 4 atom stereocenters. The molecular formula is C14H20F6O. The first-order valence-electron chi connectivity index (χ1n) is 7.22. The van der Waals surface area contributed by atoms with Gasteiger partial charge in [0.05, 0.1) is 0 Å². The van der Waals surface area contributed by atoms with E-state index in [-0.39, 0.29) is 11.8 Å².